The van der Waals surface area contributed by atoms with Gasteiger partial charge in [-0.2, -0.15) is 0 Å². The fourth-order valence-corrected chi connectivity index (χ4v) is 2.52. The van der Waals surface area contributed by atoms with E-state index >= 15 is 0 Å². The van der Waals surface area contributed by atoms with Gasteiger partial charge in [0, 0.05) is 31.7 Å². The monoisotopic (exact) mass is 350 g/mol. The maximum atomic E-state index is 11.6. The molecular formula is C15H18N4O2S2. The zero-order chi connectivity index (χ0) is 16.9. The van der Waals surface area contributed by atoms with Crippen molar-refractivity contribution >= 4 is 38.7 Å². The smallest absolute Gasteiger partial charge is 0.231 e. The van der Waals surface area contributed by atoms with Crippen LogP contribution >= 0.6 is 12.2 Å². The normalized spacial score (nSPS) is 10.9. The molecular weight excluding hydrogens is 332 g/mol. The maximum absolute atomic E-state index is 11.6. The van der Waals surface area contributed by atoms with E-state index in [-0.39, 0.29) is 0 Å². The Morgan fingerprint density at radius 3 is 2.61 bits per heavy atom. The van der Waals surface area contributed by atoms with Gasteiger partial charge in [0.2, 0.25) is 10.0 Å². The third-order valence-corrected chi connectivity index (χ3v) is 4.62. The highest BCUT2D eigenvalue weighted by molar-refractivity contribution is 7.92. The van der Waals surface area contributed by atoms with Crippen molar-refractivity contribution in [3.63, 3.8) is 0 Å². The highest BCUT2D eigenvalue weighted by atomic mass is 32.2. The summed E-state index contributed by atoms with van der Waals surface area (Å²) in [4.78, 5) is 3.96. The molecule has 0 radical (unpaired) electrons. The van der Waals surface area contributed by atoms with Crippen LogP contribution in [0.15, 0.2) is 48.8 Å². The van der Waals surface area contributed by atoms with Crippen molar-refractivity contribution < 1.29 is 8.42 Å². The molecule has 1 heterocycles. The van der Waals surface area contributed by atoms with Crippen molar-refractivity contribution in [1.29, 1.82) is 0 Å². The molecule has 1 aromatic carbocycles. The molecule has 23 heavy (non-hydrogen) atoms. The summed E-state index contributed by atoms with van der Waals surface area (Å²) < 4.78 is 24.4. The van der Waals surface area contributed by atoms with Gasteiger partial charge in [0.1, 0.15) is 0 Å². The summed E-state index contributed by atoms with van der Waals surface area (Å²) in [6.07, 6.45) is 4.60. The van der Waals surface area contributed by atoms with Crippen LogP contribution in [-0.4, -0.2) is 31.8 Å². The molecule has 2 N–H and O–H groups in total. The zero-order valence-electron chi connectivity index (χ0n) is 12.9. The zero-order valence-corrected chi connectivity index (χ0v) is 14.5. The van der Waals surface area contributed by atoms with Gasteiger partial charge in [0.25, 0.3) is 0 Å². The Morgan fingerprint density at radius 1 is 1.26 bits per heavy atom. The molecule has 0 amide bonds. The molecule has 0 saturated carbocycles. The number of sulfonamides is 1. The fraction of sp³-hybridized carbons (Fsp3) is 0.200. The lowest BCUT2D eigenvalue weighted by Crippen LogP contribution is -2.28. The van der Waals surface area contributed by atoms with Crippen LogP contribution < -0.4 is 14.9 Å². The first-order valence-electron chi connectivity index (χ1n) is 6.84. The second-order valence-corrected chi connectivity index (χ2v) is 7.37. The first-order chi connectivity index (χ1) is 10.9. The minimum absolute atomic E-state index is 0.459. The number of benzene rings is 1. The van der Waals surface area contributed by atoms with E-state index in [0.717, 1.165) is 11.8 Å². The molecule has 0 spiro atoms. The van der Waals surface area contributed by atoms with E-state index in [1.165, 1.54) is 11.4 Å². The molecule has 8 heteroatoms. The molecule has 2 rings (SSSR count). The first-order valence-corrected chi connectivity index (χ1v) is 9.09. The minimum Gasteiger partial charge on any atom is -0.358 e. The lowest BCUT2D eigenvalue weighted by molar-refractivity contribution is 0.600. The Labute approximate surface area is 141 Å². The van der Waals surface area contributed by atoms with Crippen LogP contribution in [0, 0.1) is 0 Å². The second kappa shape index (κ2) is 7.38. The Kier molecular flexibility index (Phi) is 5.51. The summed E-state index contributed by atoms with van der Waals surface area (Å²) in [5, 5.41) is 6.59. The number of nitrogens with one attached hydrogen (secondary N) is 2. The van der Waals surface area contributed by atoms with Crippen LogP contribution in [0.4, 0.5) is 11.4 Å². The number of thiocarbonyl (C=S) groups is 1. The van der Waals surface area contributed by atoms with E-state index < -0.39 is 10.0 Å². The average molecular weight is 350 g/mol. The largest absolute Gasteiger partial charge is 0.358 e. The Balaban J connectivity index is 1.99. The molecule has 0 unspecified atom stereocenters. The van der Waals surface area contributed by atoms with Gasteiger partial charge >= 0.3 is 0 Å². The summed E-state index contributed by atoms with van der Waals surface area (Å²) in [5.41, 5.74) is 2.34. The van der Waals surface area contributed by atoms with Gasteiger partial charge in [-0.25, -0.2) is 8.42 Å². The molecule has 0 saturated heterocycles. The number of aromatic nitrogens is 1. The van der Waals surface area contributed by atoms with Gasteiger partial charge in [-0.3, -0.25) is 9.29 Å². The topological polar surface area (TPSA) is 74.3 Å². The SMILES string of the molecule is CN(c1cccc(NC(=S)NCc2ccncc2)c1)S(C)(=O)=O. The molecule has 0 aliphatic carbocycles. The summed E-state index contributed by atoms with van der Waals surface area (Å²) >= 11 is 5.25. The molecule has 0 bridgehead atoms. The molecule has 0 atom stereocenters. The number of rotatable bonds is 5. The van der Waals surface area contributed by atoms with Crippen LogP contribution in [0.3, 0.4) is 0 Å². The van der Waals surface area contributed by atoms with Crippen molar-refractivity contribution in [2.75, 3.05) is 22.9 Å². The molecule has 2 aromatic rings. The van der Waals surface area contributed by atoms with Gasteiger partial charge in [-0.15, -0.1) is 0 Å². The number of hydrogen-bond donors (Lipinski definition) is 2. The van der Waals surface area contributed by atoms with Crippen molar-refractivity contribution in [2.24, 2.45) is 0 Å². The molecule has 1 aromatic heterocycles. The Bertz CT molecular complexity index is 779. The van der Waals surface area contributed by atoms with Gasteiger partial charge in [-0.05, 0) is 48.1 Å². The molecule has 0 aliphatic rings. The standard InChI is InChI=1S/C15H18N4O2S2/c1-19(23(2,20)21)14-5-3-4-13(10-14)18-15(22)17-11-12-6-8-16-9-7-12/h3-10H,11H2,1-2H3,(H2,17,18,22). The number of nitrogens with zero attached hydrogens (tertiary/aromatic N) is 2. The van der Waals surface area contributed by atoms with Crippen LogP contribution in [0.1, 0.15) is 5.56 Å². The van der Waals surface area contributed by atoms with E-state index in [4.69, 9.17) is 12.2 Å². The predicted molar refractivity (Wildman–Crippen MR) is 97.0 cm³/mol. The molecule has 122 valence electrons. The lowest BCUT2D eigenvalue weighted by Gasteiger charge is -2.18. The second-order valence-electron chi connectivity index (χ2n) is 4.94. The first kappa shape index (κ1) is 17.2. The third kappa shape index (κ3) is 5.19. The summed E-state index contributed by atoms with van der Waals surface area (Å²) in [6, 6.07) is 10.8. The molecule has 6 nitrogen and oxygen atoms in total. The Morgan fingerprint density at radius 2 is 1.96 bits per heavy atom. The van der Waals surface area contributed by atoms with Gasteiger partial charge in [0.15, 0.2) is 5.11 Å². The van der Waals surface area contributed by atoms with Gasteiger partial charge < -0.3 is 10.6 Å². The minimum atomic E-state index is -3.30. The van der Waals surface area contributed by atoms with Crippen molar-refractivity contribution in [2.45, 2.75) is 6.54 Å². The van der Waals surface area contributed by atoms with Crippen LogP contribution in [0.2, 0.25) is 0 Å². The van der Waals surface area contributed by atoms with Crippen molar-refractivity contribution in [3.05, 3.63) is 54.4 Å². The lowest BCUT2D eigenvalue weighted by atomic mass is 10.2. The van der Waals surface area contributed by atoms with E-state index in [1.54, 1.807) is 30.6 Å². The van der Waals surface area contributed by atoms with E-state index in [2.05, 4.69) is 15.6 Å². The third-order valence-electron chi connectivity index (χ3n) is 3.17. The fourth-order valence-electron chi connectivity index (χ4n) is 1.83. The maximum Gasteiger partial charge on any atom is 0.231 e. The molecule has 0 fully saturated rings. The highest BCUT2D eigenvalue weighted by Gasteiger charge is 2.12. The highest BCUT2D eigenvalue weighted by Crippen LogP contribution is 2.20. The number of pyridine rings is 1. The van der Waals surface area contributed by atoms with Crippen molar-refractivity contribution in [3.8, 4) is 0 Å². The van der Waals surface area contributed by atoms with Gasteiger partial charge in [-0.1, -0.05) is 6.07 Å². The van der Waals surface area contributed by atoms with Crippen LogP contribution in [0.5, 0.6) is 0 Å². The molecule has 0 aliphatic heterocycles. The summed E-state index contributed by atoms with van der Waals surface area (Å²) in [5.74, 6) is 0. The number of anilines is 2. The van der Waals surface area contributed by atoms with Crippen LogP contribution in [0.25, 0.3) is 0 Å². The summed E-state index contributed by atoms with van der Waals surface area (Å²) in [7, 11) is -1.79. The van der Waals surface area contributed by atoms with E-state index in [1.807, 2.05) is 18.2 Å². The van der Waals surface area contributed by atoms with E-state index in [9.17, 15) is 8.42 Å². The Hall–Kier alpha value is -2.19. The van der Waals surface area contributed by atoms with Gasteiger partial charge in [0.05, 0.1) is 11.9 Å². The number of hydrogen-bond acceptors (Lipinski definition) is 4. The van der Waals surface area contributed by atoms with Crippen LogP contribution in [-0.2, 0) is 16.6 Å². The predicted octanol–water partition coefficient (Wildman–Crippen LogP) is 1.96. The average Bonchev–Trinajstić information content (AvgIpc) is 2.52. The summed E-state index contributed by atoms with van der Waals surface area (Å²) in [6.45, 7) is 0.581. The quantitative estimate of drug-likeness (QED) is 0.803. The van der Waals surface area contributed by atoms with E-state index in [0.29, 0.717) is 23.0 Å². The van der Waals surface area contributed by atoms with Crippen molar-refractivity contribution in [1.82, 2.24) is 10.3 Å².